The summed E-state index contributed by atoms with van der Waals surface area (Å²) >= 11 is 0. The highest BCUT2D eigenvalue weighted by molar-refractivity contribution is 6.63. The summed E-state index contributed by atoms with van der Waals surface area (Å²) in [6, 6.07) is 5.97. The van der Waals surface area contributed by atoms with Crippen molar-refractivity contribution in [2.45, 2.75) is 45.3 Å². The predicted molar refractivity (Wildman–Crippen MR) is 79.9 cm³/mol. The van der Waals surface area contributed by atoms with Crippen molar-refractivity contribution in [3.05, 3.63) is 35.4 Å². The van der Waals surface area contributed by atoms with E-state index in [0.29, 0.717) is 6.42 Å². The zero-order valence-corrected chi connectivity index (χ0v) is 12.4. The van der Waals surface area contributed by atoms with Crippen molar-refractivity contribution in [2.24, 2.45) is 0 Å². The quantitative estimate of drug-likeness (QED) is 0.733. The summed E-state index contributed by atoms with van der Waals surface area (Å²) in [6.07, 6.45) is 3.97. The molecule has 4 heteroatoms. The van der Waals surface area contributed by atoms with E-state index in [-0.39, 0.29) is 24.1 Å². The lowest BCUT2D eigenvalue weighted by molar-refractivity contribution is -0.114. The fourth-order valence-electron chi connectivity index (χ4n) is 2.59. The number of carbonyl (C=O) groups excluding carboxylic acids is 1. The van der Waals surface area contributed by atoms with Crippen molar-refractivity contribution in [3.63, 3.8) is 0 Å². The van der Waals surface area contributed by atoms with E-state index in [1.807, 2.05) is 52.0 Å². The molecule has 0 radical (unpaired) electrons. The molecule has 1 heterocycles. The van der Waals surface area contributed by atoms with Crippen LogP contribution in [0.25, 0.3) is 6.08 Å². The molecule has 2 aliphatic rings. The number of benzene rings is 1. The van der Waals surface area contributed by atoms with E-state index in [1.165, 1.54) is 0 Å². The van der Waals surface area contributed by atoms with Crippen molar-refractivity contribution >= 4 is 24.4 Å². The number of rotatable bonds is 1. The average molecular weight is 270 g/mol. The van der Waals surface area contributed by atoms with Crippen LogP contribution in [0.5, 0.6) is 0 Å². The Bertz CT molecular complexity index is 586. The van der Waals surface area contributed by atoms with Gasteiger partial charge < -0.3 is 9.31 Å². The number of carbonyl (C=O) groups is 1. The maximum Gasteiger partial charge on any atom is 0.495 e. The Balaban J connectivity index is 2.01. The first-order valence-corrected chi connectivity index (χ1v) is 6.98. The van der Waals surface area contributed by atoms with Crippen LogP contribution in [0.3, 0.4) is 0 Å². The van der Waals surface area contributed by atoms with Crippen LogP contribution in [0.15, 0.2) is 24.3 Å². The van der Waals surface area contributed by atoms with Gasteiger partial charge in [-0.1, -0.05) is 24.3 Å². The zero-order valence-electron chi connectivity index (χ0n) is 12.4. The smallest absolute Gasteiger partial charge is 0.399 e. The standard InChI is InChI=1S/C16H19BO3/c1-15(2)16(3,4)20-17(19-15)14-7-5-6-11-10-12(18)8-9-13(11)14/h5-9H,10H2,1-4H3. The minimum Gasteiger partial charge on any atom is -0.399 e. The van der Waals surface area contributed by atoms with Crippen molar-refractivity contribution in [2.75, 3.05) is 0 Å². The molecule has 1 saturated heterocycles. The number of hydrogen-bond donors (Lipinski definition) is 0. The Hall–Kier alpha value is -1.39. The van der Waals surface area contributed by atoms with E-state index in [1.54, 1.807) is 6.08 Å². The predicted octanol–water partition coefficient (Wildman–Crippen LogP) is 2.12. The molecule has 0 bridgehead atoms. The normalized spacial score (nSPS) is 23.0. The SMILES string of the molecule is CC1(C)OB(c2cccc3c2C=CC(=O)C3)OC1(C)C. The van der Waals surface area contributed by atoms with Gasteiger partial charge in [-0.3, -0.25) is 4.79 Å². The van der Waals surface area contributed by atoms with Crippen LogP contribution in [0.2, 0.25) is 0 Å². The van der Waals surface area contributed by atoms with Crippen LogP contribution in [0.4, 0.5) is 0 Å². The van der Waals surface area contributed by atoms with E-state index in [0.717, 1.165) is 16.6 Å². The number of ketones is 1. The van der Waals surface area contributed by atoms with Gasteiger partial charge in [-0.05, 0) is 50.4 Å². The largest absolute Gasteiger partial charge is 0.495 e. The van der Waals surface area contributed by atoms with Gasteiger partial charge in [0.15, 0.2) is 5.78 Å². The molecule has 3 rings (SSSR count). The van der Waals surface area contributed by atoms with Crippen LogP contribution in [-0.2, 0) is 20.5 Å². The summed E-state index contributed by atoms with van der Waals surface area (Å²) in [5.74, 6) is 0.142. The minimum atomic E-state index is -0.382. The van der Waals surface area contributed by atoms with Gasteiger partial charge in [-0.2, -0.15) is 0 Å². The fraction of sp³-hybridized carbons (Fsp3) is 0.438. The van der Waals surface area contributed by atoms with E-state index < -0.39 is 0 Å². The topological polar surface area (TPSA) is 35.5 Å². The molecule has 1 aliphatic carbocycles. The summed E-state index contributed by atoms with van der Waals surface area (Å²) < 4.78 is 12.2. The highest BCUT2D eigenvalue weighted by Crippen LogP contribution is 2.37. The van der Waals surface area contributed by atoms with Crippen LogP contribution in [-0.4, -0.2) is 24.1 Å². The second kappa shape index (κ2) is 4.30. The van der Waals surface area contributed by atoms with Crippen molar-refractivity contribution in [3.8, 4) is 0 Å². The monoisotopic (exact) mass is 270 g/mol. The summed E-state index contributed by atoms with van der Waals surface area (Å²) in [4.78, 5) is 11.5. The first-order valence-electron chi connectivity index (χ1n) is 6.98. The lowest BCUT2D eigenvalue weighted by atomic mass is 9.73. The molecule has 3 nitrogen and oxygen atoms in total. The van der Waals surface area contributed by atoms with Crippen molar-refractivity contribution < 1.29 is 14.1 Å². The van der Waals surface area contributed by atoms with Gasteiger partial charge in [-0.25, -0.2) is 0 Å². The first-order chi connectivity index (χ1) is 9.30. The zero-order chi connectivity index (χ0) is 14.5. The van der Waals surface area contributed by atoms with E-state index in [9.17, 15) is 4.79 Å². The molecular weight excluding hydrogens is 251 g/mol. The summed E-state index contributed by atoms with van der Waals surface area (Å²) in [5, 5.41) is 0. The van der Waals surface area contributed by atoms with Crippen LogP contribution >= 0.6 is 0 Å². The van der Waals surface area contributed by atoms with Crippen LogP contribution in [0.1, 0.15) is 38.8 Å². The summed E-state index contributed by atoms with van der Waals surface area (Å²) in [5.41, 5.74) is 2.41. The highest BCUT2D eigenvalue weighted by Gasteiger charge is 2.52. The molecule has 0 N–H and O–H groups in total. The Labute approximate surface area is 120 Å². The molecule has 20 heavy (non-hydrogen) atoms. The van der Waals surface area contributed by atoms with E-state index in [4.69, 9.17) is 9.31 Å². The lowest BCUT2D eigenvalue weighted by Crippen LogP contribution is -2.41. The van der Waals surface area contributed by atoms with Gasteiger partial charge in [0.1, 0.15) is 0 Å². The molecule has 1 aliphatic heterocycles. The minimum absolute atomic E-state index is 0.142. The molecule has 104 valence electrons. The lowest BCUT2D eigenvalue weighted by Gasteiger charge is -2.32. The number of hydrogen-bond acceptors (Lipinski definition) is 3. The molecule has 0 unspecified atom stereocenters. The van der Waals surface area contributed by atoms with Crippen molar-refractivity contribution in [1.29, 1.82) is 0 Å². The van der Waals surface area contributed by atoms with Gasteiger partial charge >= 0.3 is 7.12 Å². The molecule has 0 atom stereocenters. The Morgan fingerprint density at radius 2 is 1.70 bits per heavy atom. The maximum absolute atomic E-state index is 11.5. The maximum atomic E-state index is 11.5. The second-order valence-electron chi connectivity index (χ2n) is 6.48. The molecule has 0 saturated carbocycles. The van der Waals surface area contributed by atoms with Gasteiger partial charge in [-0.15, -0.1) is 0 Å². The Morgan fingerprint density at radius 1 is 1.05 bits per heavy atom. The molecular formula is C16H19BO3. The summed E-state index contributed by atoms with van der Waals surface area (Å²) in [7, 11) is -0.382. The second-order valence-corrected chi connectivity index (χ2v) is 6.48. The Kier molecular flexibility index (Phi) is 2.92. The molecule has 0 aromatic heterocycles. The summed E-state index contributed by atoms with van der Waals surface area (Å²) in [6.45, 7) is 8.17. The number of allylic oxidation sites excluding steroid dienone is 1. The van der Waals surface area contributed by atoms with E-state index in [2.05, 4.69) is 0 Å². The van der Waals surface area contributed by atoms with Gasteiger partial charge in [0.2, 0.25) is 0 Å². The van der Waals surface area contributed by atoms with Crippen molar-refractivity contribution in [1.82, 2.24) is 0 Å². The molecule has 0 amide bonds. The molecule has 1 aromatic carbocycles. The molecule has 0 spiro atoms. The fourth-order valence-corrected chi connectivity index (χ4v) is 2.59. The van der Waals surface area contributed by atoms with Gasteiger partial charge in [0.25, 0.3) is 0 Å². The Morgan fingerprint density at radius 3 is 2.35 bits per heavy atom. The number of fused-ring (bicyclic) bond motifs is 1. The van der Waals surface area contributed by atoms with E-state index >= 15 is 0 Å². The third kappa shape index (κ3) is 2.04. The molecule has 1 fully saturated rings. The van der Waals surface area contributed by atoms with Crippen LogP contribution in [0, 0.1) is 0 Å². The van der Waals surface area contributed by atoms with Gasteiger partial charge in [0, 0.05) is 6.42 Å². The van der Waals surface area contributed by atoms with Gasteiger partial charge in [0.05, 0.1) is 11.2 Å². The first kappa shape index (κ1) is 13.6. The third-order valence-electron chi connectivity index (χ3n) is 4.54. The van der Waals surface area contributed by atoms with Crippen LogP contribution < -0.4 is 5.46 Å². The molecule has 1 aromatic rings. The highest BCUT2D eigenvalue weighted by atomic mass is 16.7. The third-order valence-corrected chi connectivity index (χ3v) is 4.54. The average Bonchev–Trinajstić information content (AvgIpc) is 2.57.